The summed E-state index contributed by atoms with van der Waals surface area (Å²) in [5.74, 6) is -1.88. The summed E-state index contributed by atoms with van der Waals surface area (Å²) in [6, 6.07) is 16.5. The van der Waals surface area contributed by atoms with Gasteiger partial charge in [-0.1, -0.05) is 42.5 Å². The maximum atomic E-state index is 12.4. The second-order valence-electron chi connectivity index (χ2n) is 5.74. The Balaban J connectivity index is 1.78. The molecule has 3 aromatic carbocycles. The lowest BCUT2D eigenvalue weighted by Gasteiger charge is -2.15. The fraction of sp³-hybridized carbons (Fsp3) is 0.100. The van der Waals surface area contributed by atoms with Crippen molar-refractivity contribution in [2.24, 2.45) is 0 Å². The molecule has 0 unspecified atom stereocenters. The molecule has 132 valence electrons. The molecule has 0 saturated heterocycles. The maximum absolute atomic E-state index is 12.4. The Hall–Kier alpha value is -3.54. The van der Waals surface area contributed by atoms with Crippen LogP contribution in [0.3, 0.4) is 0 Å². The summed E-state index contributed by atoms with van der Waals surface area (Å²) in [5.41, 5.74) is 0.368. The normalized spacial score (nSPS) is 11.7. The van der Waals surface area contributed by atoms with E-state index in [2.05, 4.69) is 5.32 Å². The van der Waals surface area contributed by atoms with Crippen molar-refractivity contribution in [1.82, 2.24) is 0 Å². The molecule has 0 radical (unpaired) electrons. The van der Waals surface area contributed by atoms with Gasteiger partial charge in [-0.3, -0.25) is 4.79 Å². The summed E-state index contributed by atoms with van der Waals surface area (Å²) < 4.78 is 5.13. The predicted molar refractivity (Wildman–Crippen MR) is 97.2 cm³/mol. The number of para-hydroxylation sites is 1. The lowest BCUT2D eigenvalue weighted by atomic mass is 10.0. The number of nitrogens with one attached hydrogen (secondary N) is 1. The van der Waals surface area contributed by atoms with E-state index in [4.69, 9.17) is 4.74 Å². The molecule has 3 N–H and O–H groups in total. The molecule has 6 nitrogen and oxygen atoms in total. The topological polar surface area (TPSA) is 95.9 Å². The highest BCUT2D eigenvalue weighted by molar-refractivity contribution is 6.04. The molecule has 0 saturated carbocycles. The lowest BCUT2D eigenvalue weighted by molar-refractivity contribution is -0.123. The zero-order chi connectivity index (χ0) is 18.7. The third-order valence-electron chi connectivity index (χ3n) is 3.91. The third-order valence-corrected chi connectivity index (χ3v) is 3.91. The first-order chi connectivity index (χ1) is 12.5. The number of esters is 1. The average Bonchev–Trinajstić information content (AvgIpc) is 2.65. The Morgan fingerprint density at radius 3 is 2.27 bits per heavy atom. The van der Waals surface area contributed by atoms with E-state index in [0.29, 0.717) is 16.5 Å². The van der Waals surface area contributed by atoms with Crippen LogP contribution < -0.4 is 5.32 Å². The largest absolute Gasteiger partial charge is 0.507 e. The zero-order valence-electron chi connectivity index (χ0n) is 14.0. The number of phenolic OH excluding ortho intramolecular Hbond substituents is 2. The quantitative estimate of drug-likeness (QED) is 0.494. The molecule has 3 rings (SSSR count). The van der Waals surface area contributed by atoms with Gasteiger partial charge in [0.2, 0.25) is 0 Å². The Morgan fingerprint density at radius 1 is 0.962 bits per heavy atom. The zero-order valence-corrected chi connectivity index (χ0v) is 14.0. The van der Waals surface area contributed by atoms with Gasteiger partial charge in [-0.05, 0) is 25.1 Å². The highest BCUT2D eigenvalue weighted by Gasteiger charge is 2.23. The molecule has 1 amide bonds. The van der Waals surface area contributed by atoms with Crippen molar-refractivity contribution >= 4 is 28.3 Å². The van der Waals surface area contributed by atoms with Crippen LogP contribution in [-0.4, -0.2) is 28.2 Å². The first-order valence-corrected chi connectivity index (χ1v) is 7.98. The molecule has 0 spiro atoms. The van der Waals surface area contributed by atoms with Crippen molar-refractivity contribution in [1.29, 1.82) is 0 Å². The molecular weight excluding hydrogens is 334 g/mol. The van der Waals surface area contributed by atoms with E-state index in [1.807, 2.05) is 6.07 Å². The van der Waals surface area contributed by atoms with E-state index in [9.17, 15) is 19.8 Å². The van der Waals surface area contributed by atoms with Crippen LogP contribution in [0.2, 0.25) is 0 Å². The van der Waals surface area contributed by atoms with E-state index in [0.717, 1.165) is 6.07 Å². The van der Waals surface area contributed by atoms with Crippen molar-refractivity contribution in [3.05, 3.63) is 66.2 Å². The van der Waals surface area contributed by atoms with Crippen molar-refractivity contribution in [3.63, 3.8) is 0 Å². The van der Waals surface area contributed by atoms with Crippen LogP contribution in [0.5, 0.6) is 11.5 Å². The smallest absolute Gasteiger partial charge is 0.342 e. The highest BCUT2D eigenvalue weighted by Crippen LogP contribution is 2.35. The van der Waals surface area contributed by atoms with Gasteiger partial charge in [0.1, 0.15) is 17.1 Å². The van der Waals surface area contributed by atoms with Crippen LogP contribution >= 0.6 is 0 Å². The van der Waals surface area contributed by atoms with Crippen LogP contribution in [0.25, 0.3) is 10.8 Å². The Kier molecular flexibility index (Phi) is 4.75. The molecule has 0 aliphatic heterocycles. The van der Waals surface area contributed by atoms with E-state index in [1.165, 1.54) is 6.92 Å². The Morgan fingerprint density at radius 2 is 1.58 bits per heavy atom. The maximum Gasteiger partial charge on any atom is 0.342 e. The van der Waals surface area contributed by atoms with Crippen molar-refractivity contribution in [2.45, 2.75) is 13.0 Å². The molecule has 3 aromatic rings. The van der Waals surface area contributed by atoms with E-state index < -0.39 is 18.0 Å². The van der Waals surface area contributed by atoms with Gasteiger partial charge in [-0.2, -0.15) is 0 Å². The number of ether oxygens (including phenoxy) is 1. The predicted octanol–water partition coefficient (Wildman–Crippen LogP) is 3.44. The number of rotatable bonds is 4. The number of hydrogen-bond donors (Lipinski definition) is 3. The van der Waals surface area contributed by atoms with Crippen molar-refractivity contribution in [3.8, 4) is 11.5 Å². The minimum Gasteiger partial charge on any atom is -0.507 e. The average molecular weight is 351 g/mol. The van der Waals surface area contributed by atoms with Crippen molar-refractivity contribution in [2.75, 3.05) is 5.32 Å². The molecule has 1 atom stereocenters. The fourth-order valence-electron chi connectivity index (χ4n) is 2.54. The molecule has 0 heterocycles. The number of fused-ring (bicyclic) bond motifs is 1. The van der Waals surface area contributed by atoms with Gasteiger partial charge in [0.05, 0.1) is 0 Å². The van der Waals surface area contributed by atoms with E-state index in [1.54, 1.807) is 48.5 Å². The highest BCUT2D eigenvalue weighted by atomic mass is 16.5. The number of hydrogen-bond acceptors (Lipinski definition) is 5. The summed E-state index contributed by atoms with van der Waals surface area (Å²) in [4.78, 5) is 24.5. The van der Waals surface area contributed by atoms with Crippen molar-refractivity contribution < 1.29 is 24.5 Å². The third kappa shape index (κ3) is 3.44. The molecule has 0 aliphatic rings. The number of carbonyl (C=O) groups excluding carboxylic acids is 2. The monoisotopic (exact) mass is 351 g/mol. The SMILES string of the molecule is C[C@H](OC(=O)c1cc(O)c2ccccc2c1O)C(=O)Nc1ccccc1. The van der Waals surface area contributed by atoms with Crippen LogP contribution in [0.15, 0.2) is 60.7 Å². The first-order valence-electron chi connectivity index (χ1n) is 7.98. The van der Waals surface area contributed by atoms with Gasteiger partial charge < -0.3 is 20.3 Å². The van der Waals surface area contributed by atoms with Gasteiger partial charge >= 0.3 is 5.97 Å². The van der Waals surface area contributed by atoms with Crippen LogP contribution in [0.1, 0.15) is 17.3 Å². The molecule has 0 fully saturated rings. The number of carbonyl (C=O) groups is 2. The summed E-state index contributed by atoms with van der Waals surface area (Å²) in [7, 11) is 0. The van der Waals surface area contributed by atoms with E-state index >= 15 is 0 Å². The Labute approximate surface area is 149 Å². The molecule has 0 aromatic heterocycles. The van der Waals surface area contributed by atoms with Crippen LogP contribution in [0, 0.1) is 0 Å². The van der Waals surface area contributed by atoms with Crippen LogP contribution in [-0.2, 0) is 9.53 Å². The minimum atomic E-state index is -1.09. The summed E-state index contributed by atoms with van der Waals surface area (Å²) in [5, 5.41) is 23.7. The number of amides is 1. The summed E-state index contributed by atoms with van der Waals surface area (Å²) in [6.07, 6.45) is -1.09. The Bertz CT molecular complexity index is 969. The number of aromatic hydroxyl groups is 2. The van der Waals surface area contributed by atoms with E-state index in [-0.39, 0.29) is 17.1 Å². The minimum absolute atomic E-state index is 0.160. The second-order valence-corrected chi connectivity index (χ2v) is 5.74. The standard InChI is InChI=1S/C20H17NO5/c1-12(19(24)21-13-7-3-2-4-8-13)26-20(25)16-11-17(22)14-9-5-6-10-15(14)18(16)23/h2-12,22-23H,1H3,(H,21,24)/t12-/m0/s1. The summed E-state index contributed by atoms with van der Waals surface area (Å²) in [6.45, 7) is 1.42. The summed E-state index contributed by atoms with van der Waals surface area (Å²) >= 11 is 0. The lowest BCUT2D eigenvalue weighted by Crippen LogP contribution is -2.30. The molecule has 26 heavy (non-hydrogen) atoms. The number of anilines is 1. The van der Waals surface area contributed by atoms with Gasteiger partial charge in [0, 0.05) is 16.5 Å². The number of benzene rings is 3. The van der Waals surface area contributed by atoms with Crippen LogP contribution in [0.4, 0.5) is 5.69 Å². The van der Waals surface area contributed by atoms with Gasteiger partial charge in [-0.25, -0.2) is 4.79 Å². The first kappa shape index (κ1) is 17.3. The molecular formula is C20H17NO5. The molecule has 0 bridgehead atoms. The van der Waals surface area contributed by atoms with Gasteiger partial charge in [0.15, 0.2) is 6.10 Å². The molecule has 0 aliphatic carbocycles. The number of phenols is 2. The van der Waals surface area contributed by atoms with Gasteiger partial charge in [0.25, 0.3) is 5.91 Å². The molecule has 6 heteroatoms. The fourth-order valence-corrected chi connectivity index (χ4v) is 2.54. The second kappa shape index (κ2) is 7.14. The van der Waals surface area contributed by atoms with Gasteiger partial charge in [-0.15, -0.1) is 0 Å².